The highest BCUT2D eigenvalue weighted by Crippen LogP contribution is 2.16. The molecule has 0 aliphatic heterocycles. The minimum Gasteiger partial charge on any atom is -0.454 e. The molecule has 0 saturated heterocycles. The Morgan fingerprint density at radius 1 is 1.24 bits per heavy atom. The number of aromatic nitrogens is 2. The van der Waals surface area contributed by atoms with E-state index in [0.717, 1.165) is 0 Å². The van der Waals surface area contributed by atoms with E-state index in [1.807, 2.05) is 0 Å². The normalized spacial score (nSPS) is 12.6. The van der Waals surface area contributed by atoms with E-state index in [0.29, 0.717) is 18.0 Å². The molecule has 2 aromatic heterocycles. The van der Waals surface area contributed by atoms with E-state index >= 15 is 0 Å². The van der Waals surface area contributed by atoms with Crippen molar-refractivity contribution in [1.29, 1.82) is 0 Å². The summed E-state index contributed by atoms with van der Waals surface area (Å²) in [5.74, 6) is 0.314. The van der Waals surface area contributed by atoms with Crippen molar-refractivity contribution in [3.63, 3.8) is 0 Å². The molecule has 3 rings (SSSR count). The molecule has 0 radical (unpaired) electrons. The Hall–Kier alpha value is -2.95. The van der Waals surface area contributed by atoms with Crippen LogP contribution in [0.15, 0.2) is 64.2 Å². The maximum atomic E-state index is 12.4. The van der Waals surface area contributed by atoms with Crippen LogP contribution in [0.1, 0.15) is 23.2 Å². The molecular weight excluding hydrogens is 396 g/mol. The third-order valence-corrected chi connectivity index (χ3v) is 5.56. The van der Waals surface area contributed by atoms with Crippen LogP contribution >= 0.6 is 0 Å². The molecule has 3 aromatic rings. The number of carbonyl (C=O) groups is 1. The average Bonchev–Trinajstić information content (AvgIpc) is 3.34. The summed E-state index contributed by atoms with van der Waals surface area (Å²) >= 11 is 0. The molecule has 1 unspecified atom stereocenters. The van der Waals surface area contributed by atoms with Crippen LogP contribution in [-0.2, 0) is 21.3 Å². The van der Waals surface area contributed by atoms with Gasteiger partial charge in [-0.25, -0.2) is 13.1 Å². The highest BCUT2D eigenvalue weighted by Gasteiger charge is 2.18. The first-order valence-corrected chi connectivity index (χ1v) is 10.3. The van der Waals surface area contributed by atoms with Gasteiger partial charge < -0.3 is 14.5 Å². The number of rotatable bonds is 9. The molecule has 10 heteroatoms. The van der Waals surface area contributed by atoms with Gasteiger partial charge in [-0.1, -0.05) is 0 Å². The summed E-state index contributed by atoms with van der Waals surface area (Å²) in [7, 11) is -2.17. The number of sulfonamides is 1. The van der Waals surface area contributed by atoms with Crippen molar-refractivity contribution < 1.29 is 22.4 Å². The van der Waals surface area contributed by atoms with Gasteiger partial charge in [0.15, 0.2) is 5.76 Å². The first kappa shape index (κ1) is 20.8. The molecule has 2 N–H and O–H groups in total. The quantitative estimate of drug-likeness (QED) is 0.550. The summed E-state index contributed by atoms with van der Waals surface area (Å²) in [5.41, 5.74) is 0.448. The smallest absolute Gasteiger partial charge is 0.291 e. The minimum absolute atomic E-state index is 0.0953. The van der Waals surface area contributed by atoms with Crippen molar-refractivity contribution in [1.82, 2.24) is 14.5 Å². The number of carbonyl (C=O) groups excluding carboxylic acids is 1. The zero-order chi connectivity index (χ0) is 20.9. The van der Waals surface area contributed by atoms with Crippen LogP contribution < -0.4 is 10.0 Å². The van der Waals surface area contributed by atoms with E-state index in [9.17, 15) is 13.2 Å². The van der Waals surface area contributed by atoms with Crippen LogP contribution in [0.2, 0.25) is 0 Å². The molecule has 1 atom stereocenters. The predicted octanol–water partition coefficient (Wildman–Crippen LogP) is 2.09. The van der Waals surface area contributed by atoms with Gasteiger partial charge in [0.05, 0.1) is 18.0 Å². The fourth-order valence-electron chi connectivity index (χ4n) is 2.67. The summed E-state index contributed by atoms with van der Waals surface area (Å²) in [6.07, 6.45) is 3.46. The molecule has 9 nitrogen and oxygen atoms in total. The average molecular weight is 418 g/mol. The molecule has 0 fully saturated rings. The molecule has 154 valence electrons. The number of nitrogens with one attached hydrogen (secondary N) is 2. The van der Waals surface area contributed by atoms with Gasteiger partial charge in [0.2, 0.25) is 10.0 Å². The van der Waals surface area contributed by atoms with Gasteiger partial charge in [0, 0.05) is 31.2 Å². The van der Waals surface area contributed by atoms with Crippen molar-refractivity contribution in [2.75, 3.05) is 19.0 Å². The van der Waals surface area contributed by atoms with Gasteiger partial charge >= 0.3 is 0 Å². The number of benzene rings is 1. The van der Waals surface area contributed by atoms with Crippen molar-refractivity contribution in [3.8, 4) is 0 Å². The third kappa shape index (κ3) is 5.53. The van der Waals surface area contributed by atoms with Gasteiger partial charge in [-0.05, 0) is 49.4 Å². The molecule has 2 heterocycles. The Labute approximate surface area is 168 Å². The number of ether oxygens (including phenoxy) is 1. The highest BCUT2D eigenvalue weighted by atomic mass is 32.2. The molecule has 29 heavy (non-hydrogen) atoms. The number of nitrogens with zero attached hydrogens (tertiary/aromatic N) is 2. The maximum Gasteiger partial charge on any atom is 0.291 e. The lowest BCUT2D eigenvalue weighted by Crippen LogP contribution is -2.35. The fourth-order valence-corrected chi connectivity index (χ4v) is 3.89. The Morgan fingerprint density at radius 2 is 2.00 bits per heavy atom. The van der Waals surface area contributed by atoms with Gasteiger partial charge in [-0.2, -0.15) is 5.10 Å². The molecule has 0 aliphatic carbocycles. The lowest BCUT2D eigenvalue weighted by Gasteiger charge is -2.13. The van der Waals surface area contributed by atoms with E-state index in [1.165, 1.54) is 31.4 Å². The number of hydrogen-bond donors (Lipinski definition) is 2. The number of anilines is 1. The first-order chi connectivity index (χ1) is 13.9. The number of hydrogen-bond acceptors (Lipinski definition) is 6. The Balaban J connectivity index is 1.62. The third-order valence-electron chi connectivity index (χ3n) is 3.96. The lowest BCUT2D eigenvalue weighted by molar-refractivity contribution is 0.0994. The van der Waals surface area contributed by atoms with Crippen LogP contribution in [0.4, 0.5) is 5.69 Å². The zero-order valence-electron chi connectivity index (χ0n) is 16.0. The van der Waals surface area contributed by atoms with Crippen molar-refractivity contribution >= 4 is 21.6 Å². The summed E-state index contributed by atoms with van der Waals surface area (Å²) in [4.78, 5) is 12.5. The van der Waals surface area contributed by atoms with Gasteiger partial charge in [0.25, 0.3) is 5.91 Å². The van der Waals surface area contributed by atoms with Crippen molar-refractivity contribution in [2.45, 2.75) is 24.4 Å². The number of furan rings is 1. The van der Waals surface area contributed by atoms with E-state index < -0.39 is 15.9 Å². The second-order valence-corrected chi connectivity index (χ2v) is 8.14. The Bertz CT molecular complexity index is 1040. The molecule has 0 aliphatic rings. The summed E-state index contributed by atoms with van der Waals surface area (Å²) < 4.78 is 39.3. The van der Waals surface area contributed by atoms with Crippen LogP contribution in [0.25, 0.3) is 0 Å². The largest absolute Gasteiger partial charge is 0.454 e. The minimum atomic E-state index is -3.67. The second kappa shape index (κ2) is 9.03. The second-order valence-electron chi connectivity index (χ2n) is 6.43. The highest BCUT2D eigenvalue weighted by molar-refractivity contribution is 7.89. The SMILES string of the molecule is COCC(C)NS(=O)(=O)c1ccc(NC(=O)c2ccc(Cn3cccn3)o2)cc1. The molecular formula is C19H22N4O5S. The molecule has 1 amide bonds. The number of methoxy groups -OCH3 is 1. The monoisotopic (exact) mass is 418 g/mol. The van der Waals surface area contributed by atoms with Crippen LogP contribution in [-0.4, -0.2) is 43.9 Å². The van der Waals surface area contributed by atoms with Crippen molar-refractivity contribution in [3.05, 3.63) is 66.4 Å². The summed E-state index contributed by atoms with van der Waals surface area (Å²) in [5, 5.41) is 6.76. The van der Waals surface area contributed by atoms with Crippen LogP contribution in [0, 0.1) is 0 Å². The topological polar surface area (TPSA) is 115 Å². The molecule has 0 bridgehead atoms. The molecule has 0 saturated carbocycles. The van der Waals surface area contributed by atoms with Crippen LogP contribution in [0.3, 0.4) is 0 Å². The van der Waals surface area contributed by atoms with E-state index in [-0.39, 0.29) is 23.3 Å². The van der Waals surface area contributed by atoms with Crippen molar-refractivity contribution in [2.24, 2.45) is 0 Å². The summed E-state index contributed by atoms with van der Waals surface area (Å²) in [6.45, 7) is 2.39. The van der Waals surface area contributed by atoms with Gasteiger partial charge in [-0.3, -0.25) is 9.48 Å². The maximum absolute atomic E-state index is 12.4. The Kier molecular flexibility index (Phi) is 6.47. The summed E-state index contributed by atoms with van der Waals surface area (Å²) in [6, 6.07) is 10.6. The standard InChI is InChI=1S/C19H22N4O5S/c1-14(13-27-2)22-29(25,26)17-7-4-15(5-8-17)21-19(24)18-9-6-16(28-18)12-23-11-3-10-20-23/h3-11,14,22H,12-13H2,1-2H3,(H,21,24). The number of amides is 1. The molecule has 0 spiro atoms. The fraction of sp³-hybridized carbons (Fsp3) is 0.263. The van der Waals surface area contributed by atoms with Crippen LogP contribution in [0.5, 0.6) is 0 Å². The predicted molar refractivity (Wildman–Crippen MR) is 106 cm³/mol. The first-order valence-electron chi connectivity index (χ1n) is 8.86. The lowest BCUT2D eigenvalue weighted by atomic mass is 10.3. The van der Waals surface area contributed by atoms with Gasteiger partial charge in [-0.15, -0.1) is 0 Å². The van der Waals surface area contributed by atoms with E-state index in [2.05, 4.69) is 15.1 Å². The van der Waals surface area contributed by atoms with Gasteiger partial charge in [0.1, 0.15) is 5.76 Å². The zero-order valence-corrected chi connectivity index (χ0v) is 16.8. The molecule has 1 aromatic carbocycles. The van der Waals surface area contributed by atoms with E-state index in [4.69, 9.17) is 9.15 Å². The Morgan fingerprint density at radius 3 is 2.66 bits per heavy atom. The van der Waals surface area contributed by atoms with E-state index in [1.54, 1.807) is 42.2 Å².